The lowest BCUT2D eigenvalue weighted by Crippen LogP contribution is -2.52. The smallest absolute Gasteiger partial charge is 0.180 e. The SMILES string of the molecule is CC(O)CN1CCN(Cc2cnc(N)s2)CC1C.Cl. The number of thiazole rings is 1. The molecule has 2 unspecified atom stereocenters. The molecular weight excluding hydrogens is 284 g/mol. The molecule has 0 aromatic carbocycles. The molecule has 1 aromatic rings. The predicted octanol–water partition coefficient (Wildman–Crippen LogP) is 1.03. The van der Waals surface area contributed by atoms with Crippen LogP contribution in [-0.2, 0) is 6.54 Å². The van der Waals surface area contributed by atoms with Crippen LogP contribution in [0.1, 0.15) is 18.7 Å². The molecule has 0 saturated carbocycles. The van der Waals surface area contributed by atoms with Gasteiger partial charge in [0.2, 0.25) is 0 Å². The van der Waals surface area contributed by atoms with E-state index in [2.05, 4.69) is 21.7 Å². The third kappa shape index (κ3) is 4.89. The molecule has 1 saturated heterocycles. The largest absolute Gasteiger partial charge is 0.392 e. The van der Waals surface area contributed by atoms with Crippen molar-refractivity contribution in [1.82, 2.24) is 14.8 Å². The molecule has 0 radical (unpaired) electrons. The van der Waals surface area contributed by atoms with E-state index in [-0.39, 0.29) is 18.5 Å². The lowest BCUT2D eigenvalue weighted by atomic mass is 10.1. The van der Waals surface area contributed by atoms with Gasteiger partial charge in [-0.1, -0.05) is 0 Å². The van der Waals surface area contributed by atoms with Gasteiger partial charge >= 0.3 is 0 Å². The van der Waals surface area contributed by atoms with Crippen molar-refractivity contribution in [2.45, 2.75) is 32.5 Å². The zero-order valence-corrected chi connectivity index (χ0v) is 13.1. The molecule has 2 heterocycles. The molecule has 1 aromatic heterocycles. The fraction of sp³-hybridized carbons (Fsp3) is 0.750. The van der Waals surface area contributed by atoms with Gasteiger partial charge < -0.3 is 10.8 Å². The number of β-amino-alcohol motifs (C(OH)–C–C–N with tert-alkyl or cyclic N) is 1. The lowest BCUT2D eigenvalue weighted by Gasteiger charge is -2.40. The number of aliphatic hydroxyl groups excluding tert-OH is 1. The number of piperazine rings is 1. The van der Waals surface area contributed by atoms with E-state index in [1.54, 1.807) is 11.3 Å². The van der Waals surface area contributed by atoms with Crippen LogP contribution in [0, 0.1) is 0 Å². The summed E-state index contributed by atoms with van der Waals surface area (Å²) >= 11 is 1.57. The molecule has 2 atom stereocenters. The monoisotopic (exact) mass is 306 g/mol. The third-order valence-electron chi connectivity index (χ3n) is 3.30. The van der Waals surface area contributed by atoms with E-state index in [1.165, 1.54) is 4.88 Å². The average molecular weight is 307 g/mol. The number of nitrogens with zero attached hydrogens (tertiary/aromatic N) is 3. The van der Waals surface area contributed by atoms with E-state index in [0.29, 0.717) is 11.2 Å². The van der Waals surface area contributed by atoms with Gasteiger partial charge in [-0.05, 0) is 13.8 Å². The molecule has 19 heavy (non-hydrogen) atoms. The minimum atomic E-state index is -0.250. The molecule has 3 N–H and O–H groups in total. The normalized spacial score (nSPS) is 23.0. The third-order valence-corrected chi connectivity index (χ3v) is 4.11. The van der Waals surface area contributed by atoms with Gasteiger partial charge in [0.05, 0.1) is 6.10 Å². The summed E-state index contributed by atoms with van der Waals surface area (Å²) in [7, 11) is 0. The number of nitrogens with two attached hydrogens (primary N) is 1. The number of anilines is 1. The number of aliphatic hydroxyl groups is 1. The molecule has 1 fully saturated rings. The standard InChI is InChI=1S/C12H22N4OS.ClH/c1-9-6-15(3-4-16(9)7-10(2)17)8-11-5-14-12(13)18-11;/h5,9-10,17H,3-4,6-8H2,1-2H3,(H2,13,14);1H. The summed E-state index contributed by atoms with van der Waals surface area (Å²) in [4.78, 5) is 10.1. The molecule has 2 rings (SSSR count). The quantitative estimate of drug-likeness (QED) is 0.870. The van der Waals surface area contributed by atoms with Gasteiger partial charge in [-0.3, -0.25) is 9.80 Å². The van der Waals surface area contributed by atoms with Crippen LogP contribution in [-0.4, -0.2) is 58.2 Å². The Morgan fingerprint density at radius 3 is 2.84 bits per heavy atom. The Bertz CT molecular complexity index is 388. The van der Waals surface area contributed by atoms with Gasteiger partial charge in [-0.15, -0.1) is 23.7 Å². The van der Waals surface area contributed by atoms with Crippen LogP contribution in [0.5, 0.6) is 0 Å². The molecule has 0 spiro atoms. The summed E-state index contributed by atoms with van der Waals surface area (Å²) in [5.74, 6) is 0. The zero-order chi connectivity index (χ0) is 13.1. The zero-order valence-electron chi connectivity index (χ0n) is 11.5. The molecule has 110 valence electrons. The van der Waals surface area contributed by atoms with Crippen LogP contribution in [0.4, 0.5) is 5.13 Å². The van der Waals surface area contributed by atoms with Crippen LogP contribution in [0.25, 0.3) is 0 Å². The first-order valence-corrected chi connectivity index (χ1v) is 7.21. The van der Waals surface area contributed by atoms with Gasteiger partial charge in [-0.25, -0.2) is 4.98 Å². The lowest BCUT2D eigenvalue weighted by molar-refractivity contribution is 0.0426. The molecule has 5 nitrogen and oxygen atoms in total. The first kappa shape index (κ1) is 16.7. The fourth-order valence-electron chi connectivity index (χ4n) is 2.44. The van der Waals surface area contributed by atoms with E-state index in [9.17, 15) is 5.11 Å². The Balaban J connectivity index is 0.00000180. The second kappa shape index (κ2) is 7.40. The van der Waals surface area contributed by atoms with Crippen molar-refractivity contribution >= 4 is 28.9 Å². The summed E-state index contributed by atoms with van der Waals surface area (Å²) in [6.07, 6.45) is 1.62. The number of hydrogen-bond donors (Lipinski definition) is 2. The van der Waals surface area contributed by atoms with Crippen LogP contribution >= 0.6 is 23.7 Å². The minimum Gasteiger partial charge on any atom is -0.392 e. The Morgan fingerprint density at radius 1 is 1.58 bits per heavy atom. The van der Waals surface area contributed by atoms with Crippen molar-refractivity contribution in [1.29, 1.82) is 0 Å². The van der Waals surface area contributed by atoms with E-state index < -0.39 is 0 Å². The van der Waals surface area contributed by atoms with Gasteiger partial charge in [0, 0.05) is 49.8 Å². The van der Waals surface area contributed by atoms with Crippen LogP contribution in [0.3, 0.4) is 0 Å². The van der Waals surface area contributed by atoms with Crippen molar-refractivity contribution < 1.29 is 5.11 Å². The highest BCUT2D eigenvalue weighted by Crippen LogP contribution is 2.19. The van der Waals surface area contributed by atoms with Crippen molar-refractivity contribution in [3.8, 4) is 0 Å². The second-order valence-electron chi connectivity index (χ2n) is 5.09. The molecule has 1 aliphatic heterocycles. The van der Waals surface area contributed by atoms with Crippen LogP contribution < -0.4 is 5.73 Å². The van der Waals surface area contributed by atoms with Gasteiger partial charge in [0.1, 0.15) is 0 Å². The topological polar surface area (TPSA) is 65.6 Å². The van der Waals surface area contributed by atoms with E-state index in [0.717, 1.165) is 32.7 Å². The van der Waals surface area contributed by atoms with Gasteiger partial charge in [0.15, 0.2) is 5.13 Å². The highest BCUT2D eigenvalue weighted by molar-refractivity contribution is 7.15. The number of rotatable bonds is 4. The second-order valence-corrected chi connectivity index (χ2v) is 6.24. The molecule has 0 amide bonds. The highest BCUT2D eigenvalue weighted by Gasteiger charge is 2.24. The fourth-order valence-corrected chi connectivity index (χ4v) is 3.17. The maximum Gasteiger partial charge on any atom is 0.180 e. The maximum absolute atomic E-state index is 9.45. The Labute approximate surface area is 124 Å². The number of nitrogen functional groups attached to an aromatic ring is 1. The van der Waals surface area contributed by atoms with Crippen molar-refractivity contribution in [2.75, 3.05) is 31.9 Å². The molecule has 7 heteroatoms. The number of aromatic nitrogens is 1. The van der Waals surface area contributed by atoms with Gasteiger partial charge in [-0.2, -0.15) is 0 Å². The van der Waals surface area contributed by atoms with Gasteiger partial charge in [0.25, 0.3) is 0 Å². The van der Waals surface area contributed by atoms with E-state index >= 15 is 0 Å². The summed E-state index contributed by atoms with van der Waals surface area (Å²) in [5.41, 5.74) is 5.64. The van der Waals surface area contributed by atoms with Crippen molar-refractivity contribution in [2.24, 2.45) is 0 Å². The summed E-state index contributed by atoms with van der Waals surface area (Å²) in [6, 6.07) is 0.485. The van der Waals surface area contributed by atoms with Crippen LogP contribution in [0.15, 0.2) is 6.20 Å². The molecule has 0 aliphatic carbocycles. The first-order chi connectivity index (χ1) is 8.54. The summed E-state index contributed by atoms with van der Waals surface area (Å²) in [5, 5.41) is 10.1. The Kier molecular flexibility index (Phi) is 6.49. The average Bonchev–Trinajstić information content (AvgIpc) is 2.68. The molecule has 1 aliphatic rings. The van der Waals surface area contributed by atoms with Crippen LogP contribution in [0.2, 0.25) is 0 Å². The van der Waals surface area contributed by atoms with E-state index in [1.807, 2.05) is 13.1 Å². The van der Waals surface area contributed by atoms with Crippen molar-refractivity contribution in [3.05, 3.63) is 11.1 Å². The predicted molar refractivity (Wildman–Crippen MR) is 81.8 cm³/mol. The van der Waals surface area contributed by atoms with E-state index in [4.69, 9.17) is 5.73 Å². The Hall–Kier alpha value is -0.400. The highest BCUT2D eigenvalue weighted by atomic mass is 35.5. The summed E-state index contributed by atoms with van der Waals surface area (Å²) in [6.45, 7) is 8.85. The number of halogens is 1. The molecule has 0 bridgehead atoms. The number of hydrogen-bond acceptors (Lipinski definition) is 6. The maximum atomic E-state index is 9.45. The minimum absolute atomic E-state index is 0. The Morgan fingerprint density at radius 2 is 2.32 bits per heavy atom. The van der Waals surface area contributed by atoms with Crippen molar-refractivity contribution in [3.63, 3.8) is 0 Å². The summed E-state index contributed by atoms with van der Waals surface area (Å²) < 4.78 is 0. The molecular formula is C12H23ClN4OS. The first-order valence-electron chi connectivity index (χ1n) is 6.39.